The van der Waals surface area contributed by atoms with Crippen molar-refractivity contribution in [3.05, 3.63) is 0 Å². The Labute approximate surface area is 137 Å². The van der Waals surface area contributed by atoms with E-state index < -0.39 is 0 Å². The average Bonchev–Trinajstić information content (AvgIpc) is 2.53. The summed E-state index contributed by atoms with van der Waals surface area (Å²) in [6.07, 6.45) is 2.26. The minimum atomic E-state index is -0.0410. The predicted octanol–water partition coefficient (Wildman–Crippen LogP) is 2.26. The molecule has 0 aromatic carbocycles. The number of amides is 1. The summed E-state index contributed by atoms with van der Waals surface area (Å²) in [7, 11) is 0. The maximum atomic E-state index is 10.6. The summed E-state index contributed by atoms with van der Waals surface area (Å²) in [6, 6.07) is 0. The molecule has 0 unspecified atom stereocenters. The maximum absolute atomic E-state index is 10.6. The highest BCUT2D eigenvalue weighted by molar-refractivity contribution is 5.72. The minimum Gasteiger partial charge on any atom is -0.379 e. The lowest BCUT2D eigenvalue weighted by Crippen LogP contribution is -2.25. The molecule has 0 aliphatic carbocycles. The molecular weight excluding hydrogens is 286 g/mol. The van der Waals surface area contributed by atoms with E-state index in [0.717, 1.165) is 19.4 Å². The second-order valence-electron chi connectivity index (χ2n) is 4.29. The Morgan fingerprint density at radius 2 is 1.23 bits per heavy atom. The van der Waals surface area contributed by atoms with E-state index in [1.54, 1.807) is 0 Å². The Hall–Kier alpha value is -0.690. The normalized spacial score (nSPS) is 10.0. The van der Waals surface area contributed by atoms with Gasteiger partial charge in [0.25, 0.3) is 0 Å². The van der Waals surface area contributed by atoms with Crippen molar-refractivity contribution in [3.8, 4) is 0 Å². The number of unbranched alkanes of at least 4 members (excludes halogenated alkanes) is 1. The van der Waals surface area contributed by atoms with Gasteiger partial charge in [-0.2, -0.15) is 0 Å². The molecule has 0 heterocycles. The number of carbonyl (C=O) groups is 1. The highest BCUT2D eigenvalue weighted by atomic mass is 16.6. The number of rotatable bonds is 15. The summed E-state index contributed by atoms with van der Waals surface area (Å²) in [4.78, 5) is 10.6. The fourth-order valence-electron chi connectivity index (χ4n) is 1.31. The second kappa shape index (κ2) is 22.6. The van der Waals surface area contributed by atoms with Crippen LogP contribution in [0.2, 0.25) is 0 Å². The van der Waals surface area contributed by atoms with E-state index in [1.807, 2.05) is 13.8 Å². The van der Waals surface area contributed by atoms with E-state index in [9.17, 15) is 4.79 Å². The van der Waals surface area contributed by atoms with Crippen molar-refractivity contribution in [2.45, 2.75) is 40.5 Å². The number of ether oxygens (including phenoxy) is 4. The number of hydrogen-bond acceptors (Lipinski definition) is 5. The van der Waals surface area contributed by atoms with E-state index in [-0.39, 0.29) is 7.33 Å². The number of hydrogen-bond donors (Lipinski definition) is 1. The third-order valence-corrected chi connectivity index (χ3v) is 2.38. The smallest absolute Gasteiger partial charge is 0.216 e. The van der Waals surface area contributed by atoms with E-state index in [2.05, 4.69) is 12.2 Å². The zero-order valence-corrected chi connectivity index (χ0v) is 14.8. The van der Waals surface area contributed by atoms with Crippen molar-refractivity contribution in [3.63, 3.8) is 0 Å². The highest BCUT2D eigenvalue weighted by Gasteiger charge is 1.93. The molecule has 1 amide bonds. The average molecular weight is 323 g/mol. The third kappa shape index (κ3) is 24.3. The van der Waals surface area contributed by atoms with Gasteiger partial charge in [0, 0.05) is 21.5 Å². The third-order valence-electron chi connectivity index (χ3n) is 2.38. The molecule has 0 spiro atoms. The van der Waals surface area contributed by atoms with Crippen LogP contribution in [0.15, 0.2) is 0 Å². The molecule has 0 aromatic heterocycles. The summed E-state index contributed by atoms with van der Waals surface area (Å²) in [5.41, 5.74) is 0. The summed E-state index contributed by atoms with van der Waals surface area (Å²) in [5.74, 6) is -0.0410. The van der Waals surface area contributed by atoms with E-state index in [0.29, 0.717) is 52.8 Å². The zero-order valence-electron chi connectivity index (χ0n) is 14.8. The Bertz CT molecular complexity index is 221. The quantitative estimate of drug-likeness (QED) is 0.468. The number of nitrogens with one attached hydrogen (secondary N) is 1. The van der Waals surface area contributed by atoms with Crippen LogP contribution in [0, 0.1) is 0 Å². The van der Waals surface area contributed by atoms with Gasteiger partial charge >= 0.3 is 0 Å². The molecule has 0 rings (SSSR count). The fourth-order valence-corrected chi connectivity index (χ4v) is 1.31. The molecule has 0 radical (unpaired) electrons. The molecular formula is C16H37NO5. The Kier molecular flexibility index (Phi) is 24.2. The Morgan fingerprint density at radius 1 is 0.818 bits per heavy atom. The van der Waals surface area contributed by atoms with Gasteiger partial charge in [0.05, 0.1) is 46.2 Å². The van der Waals surface area contributed by atoms with Crippen LogP contribution >= 0.6 is 0 Å². The van der Waals surface area contributed by atoms with Crippen LogP contribution < -0.4 is 5.32 Å². The van der Waals surface area contributed by atoms with Crippen LogP contribution in [0.3, 0.4) is 0 Å². The van der Waals surface area contributed by atoms with Crippen LogP contribution in [0.25, 0.3) is 0 Å². The van der Waals surface area contributed by atoms with Crippen molar-refractivity contribution < 1.29 is 25.2 Å². The summed E-state index contributed by atoms with van der Waals surface area (Å²) < 4.78 is 21.3. The molecule has 6 nitrogen and oxygen atoms in total. The van der Waals surface area contributed by atoms with Gasteiger partial charge in [0.1, 0.15) is 0 Å². The summed E-state index contributed by atoms with van der Waals surface area (Å²) in [6.45, 7) is 12.9. The molecule has 22 heavy (non-hydrogen) atoms. The van der Waals surface area contributed by atoms with Gasteiger partial charge in [-0.05, 0) is 6.42 Å². The van der Waals surface area contributed by atoms with Crippen LogP contribution in [-0.4, -0.2) is 65.3 Å². The van der Waals surface area contributed by atoms with Crippen LogP contribution in [0.1, 0.15) is 42.0 Å². The number of carbonyl (C=O) groups excluding carboxylic acids is 1. The molecule has 0 aromatic rings. The van der Waals surface area contributed by atoms with E-state index in [4.69, 9.17) is 18.9 Å². The van der Waals surface area contributed by atoms with Gasteiger partial charge in [-0.3, -0.25) is 4.79 Å². The lowest BCUT2D eigenvalue weighted by Gasteiger charge is -2.07. The lowest BCUT2D eigenvalue weighted by atomic mass is 10.4. The maximum Gasteiger partial charge on any atom is 0.216 e. The molecule has 1 N–H and O–H groups in total. The van der Waals surface area contributed by atoms with Crippen LogP contribution in [-0.2, 0) is 23.7 Å². The molecule has 6 heteroatoms. The monoisotopic (exact) mass is 323 g/mol. The van der Waals surface area contributed by atoms with Gasteiger partial charge in [-0.1, -0.05) is 27.2 Å². The first kappa shape index (κ1) is 23.6. The van der Waals surface area contributed by atoms with Crippen molar-refractivity contribution >= 4 is 5.91 Å². The molecule has 0 aliphatic rings. The topological polar surface area (TPSA) is 66.0 Å². The summed E-state index contributed by atoms with van der Waals surface area (Å²) >= 11 is 0. The molecule has 0 fully saturated rings. The van der Waals surface area contributed by atoms with E-state index >= 15 is 0 Å². The van der Waals surface area contributed by atoms with Crippen LogP contribution in [0.4, 0.5) is 0 Å². The zero-order chi connectivity index (χ0) is 16.9. The first-order valence-corrected chi connectivity index (χ1v) is 8.32. The summed E-state index contributed by atoms with van der Waals surface area (Å²) in [5, 5.41) is 2.65. The van der Waals surface area contributed by atoms with Crippen molar-refractivity contribution in [2.75, 3.05) is 59.4 Å². The van der Waals surface area contributed by atoms with Crippen molar-refractivity contribution in [2.24, 2.45) is 0 Å². The first-order chi connectivity index (χ1) is 10.8. The highest BCUT2D eigenvalue weighted by Crippen LogP contribution is 1.88. The van der Waals surface area contributed by atoms with Crippen LogP contribution in [0.5, 0.6) is 0 Å². The van der Waals surface area contributed by atoms with Gasteiger partial charge in [-0.15, -0.1) is 0 Å². The SMILES string of the molecule is CC.CCCCOCCOCCOCCOCCNC(C)=O.[HH]. The molecule has 136 valence electrons. The molecule has 0 bridgehead atoms. The van der Waals surface area contributed by atoms with Gasteiger partial charge < -0.3 is 24.3 Å². The predicted molar refractivity (Wildman–Crippen MR) is 90.3 cm³/mol. The molecule has 0 aliphatic heterocycles. The fraction of sp³-hybridized carbons (Fsp3) is 0.938. The molecule has 0 saturated heterocycles. The standard InChI is InChI=1S/C14H29NO5.C2H6.H2/c1-3-4-6-17-8-10-19-12-13-20-11-9-18-7-5-15-14(2)16;1-2;/h3-13H2,1-2H3,(H,15,16);1-2H3;1H. The molecule has 0 atom stereocenters. The van der Waals surface area contributed by atoms with Gasteiger partial charge in [0.2, 0.25) is 5.91 Å². The van der Waals surface area contributed by atoms with Crippen molar-refractivity contribution in [1.82, 2.24) is 5.32 Å². The largest absolute Gasteiger partial charge is 0.379 e. The van der Waals surface area contributed by atoms with Crippen molar-refractivity contribution in [1.29, 1.82) is 0 Å². The van der Waals surface area contributed by atoms with Gasteiger partial charge in [0.15, 0.2) is 0 Å². The van der Waals surface area contributed by atoms with E-state index in [1.165, 1.54) is 6.92 Å². The minimum absolute atomic E-state index is 0. The Balaban J connectivity index is -0.00000128. The lowest BCUT2D eigenvalue weighted by molar-refractivity contribution is -0.119. The second-order valence-corrected chi connectivity index (χ2v) is 4.29. The first-order valence-electron chi connectivity index (χ1n) is 8.32. The van der Waals surface area contributed by atoms with Gasteiger partial charge in [-0.25, -0.2) is 0 Å². The molecule has 0 saturated carbocycles. The Morgan fingerprint density at radius 3 is 1.64 bits per heavy atom.